The summed E-state index contributed by atoms with van der Waals surface area (Å²) in [6, 6.07) is 9.09. The molecule has 5 rings (SSSR count). The van der Waals surface area contributed by atoms with Gasteiger partial charge in [-0.2, -0.15) is 5.10 Å². The molecule has 0 aromatic carbocycles. The summed E-state index contributed by atoms with van der Waals surface area (Å²) in [5, 5.41) is 9.38. The van der Waals surface area contributed by atoms with Crippen LogP contribution in [0.15, 0.2) is 65.6 Å². The van der Waals surface area contributed by atoms with Crippen LogP contribution in [0.5, 0.6) is 0 Å². The van der Waals surface area contributed by atoms with Gasteiger partial charge in [0, 0.05) is 50.1 Å². The Balaban J connectivity index is 1.13. The monoisotopic (exact) mass is 476 g/mol. The molecule has 0 spiro atoms. The van der Waals surface area contributed by atoms with E-state index in [1.807, 2.05) is 34.3 Å². The molecule has 0 unspecified atom stereocenters. The minimum Gasteiger partial charge on any atom is -0.356 e. The van der Waals surface area contributed by atoms with Crippen LogP contribution in [0, 0.1) is 5.92 Å². The summed E-state index contributed by atoms with van der Waals surface area (Å²) in [4.78, 5) is 40.8. The van der Waals surface area contributed by atoms with E-state index in [4.69, 9.17) is 0 Å². The van der Waals surface area contributed by atoms with Crippen molar-refractivity contribution in [1.82, 2.24) is 34.6 Å². The van der Waals surface area contributed by atoms with Crippen molar-refractivity contribution < 1.29 is 4.79 Å². The number of piperidine rings is 1. The summed E-state index contributed by atoms with van der Waals surface area (Å²) in [5.41, 5.74) is 0.581. The van der Waals surface area contributed by atoms with Gasteiger partial charge in [0.2, 0.25) is 5.91 Å². The van der Waals surface area contributed by atoms with Crippen LogP contribution in [0.4, 0.5) is 5.82 Å². The number of hydrogen-bond acceptors (Lipinski definition) is 8. The predicted octanol–water partition coefficient (Wildman–Crippen LogP) is 1.98. The quantitative estimate of drug-likeness (QED) is 0.434. The summed E-state index contributed by atoms with van der Waals surface area (Å²) in [6.07, 6.45) is 8.27. The first-order valence-corrected chi connectivity index (χ1v) is 12.0. The molecular weight excluding hydrogens is 452 g/mol. The molecule has 1 aliphatic rings. The molecule has 1 amide bonds. The number of rotatable bonds is 7. The van der Waals surface area contributed by atoms with Crippen molar-refractivity contribution in [2.24, 2.45) is 5.92 Å². The van der Waals surface area contributed by atoms with Crippen LogP contribution >= 0.6 is 11.3 Å². The highest BCUT2D eigenvalue weighted by molar-refractivity contribution is 7.13. The van der Waals surface area contributed by atoms with Crippen molar-refractivity contribution in [3.8, 4) is 16.4 Å². The van der Waals surface area contributed by atoms with Crippen molar-refractivity contribution in [3.05, 3.63) is 71.1 Å². The molecule has 4 aromatic rings. The maximum atomic E-state index is 12.7. The average molecular weight is 477 g/mol. The van der Waals surface area contributed by atoms with Gasteiger partial charge in [0.1, 0.15) is 30.0 Å². The Bertz CT molecular complexity index is 1290. The zero-order valence-corrected chi connectivity index (χ0v) is 19.3. The molecule has 0 saturated carbocycles. The lowest BCUT2D eigenvalue weighted by Gasteiger charge is -2.32. The van der Waals surface area contributed by atoms with Crippen LogP contribution < -0.4 is 15.8 Å². The first kappa shape index (κ1) is 22.0. The molecule has 1 aliphatic heterocycles. The van der Waals surface area contributed by atoms with Crippen molar-refractivity contribution in [1.29, 1.82) is 0 Å². The van der Waals surface area contributed by atoms with Gasteiger partial charge >= 0.3 is 0 Å². The van der Waals surface area contributed by atoms with Crippen molar-refractivity contribution >= 4 is 23.1 Å². The van der Waals surface area contributed by atoms with Crippen molar-refractivity contribution in [2.45, 2.75) is 19.4 Å². The van der Waals surface area contributed by atoms with Crippen LogP contribution in [0.1, 0.15) is 12.8 Å². The Kier molecular flexibility index (Phi) is 6.43. The maximum absolute atomic E-state index is 12.7. The van der Waals surface area contributed by atoms with Crippen LogP contribution in [-0.4, -0.2) is 54.8 Å². The first-order chi connectivity index (χ1) is 16.7. The normalized spacial score (nSPS) is 14.3. The molecule has 10 nitrogen and oxygen atoms in total. The average Bonchev–Trinajstić information content (AvgIpc) is 3.60. The second kappa shape index (κ2) is 9.96. The number of amides is 1. The van der Waals surface area contributed by atoms with Gasteiger partial charge in [-0.05, 0) is 30.4 Å². The largest absolute Gasteiger partial charge is 0.356 e. The summed E-state index contributed by atoms with van der Waals surface area (Å²) in [7, 11) is 0. The molecule has 0 radical (unpaired) electrons. The highest BCUT2D eigenvalue weighted by atomic mass is 32.1. The van der Waals surface area contributed by atoms with Crippen LogP contribution in [0.2, 0.25) is 0 Å². The molecule has 1 N–H and O–H groups in total. The molecule has 34 heavy (non-hydrogen) atoms. The molecule has 11 heteroatoms. The van der Waals surface area contributed by atoms with Crippen LogP contribution in [0.25, 0.3) is 16.4 Å². The summed E-state index contributed by atoms with van der Waals surface area (Å²) >= 11 is 1.57. The van der Waals surface area contributed by atoms with E-state index < -0.39 is 0 Å². The summed E-state index contributed by atoms with van der Waals surface area (Å²) < 4.78 is 3.24. The van der Waals surface area contributed by atoms with Gasteiger partial charge in [0.15, 0.2) is 0 Å². The van der Waals surface area contributed by atoms with Crippen LogP contribution in [0.3, 0.4) is 0 Å². The molecule has 174 valence electrons. The van der Waals surface area contributed by atoms with Crippen molar-refractivity contribution in [2.75, 3.05) is 24.5 Å². The number of nitrogens with one attached hydrogen (secondary N) is 1. The first-order valence-electron chi connectivity index (χ1n) is 11.1. The topological polar surface area (TPSA) is 111 Å². The number of nitrogens with zero attached hydrogens (tertiary/aromatic N) is 7. The van der Waals surface area contributed by atoms with E-state index in [1.165, 1.54) is 10.7 Å². The number of hydrogen-bond donors (Lipinski definition) is 1. The van der Waals surface area contributed by atoms with Gasteiger partial charge in [0.05, 0.1) is 11.4 Å². The number of carbonyl (C=O) groups is 1. The van der Waals surface area contributed by atoms with E-state index in [0.717, 1.165) is 48.1 Å². The number of aromatic nitrogens is 6. The van der Waals surface area contributed by atoms with Gasteiger partial charge < -0.3 is 10.2 Å². The van der Waals surface area contributed by atoms with E-state index in [-0.39, 0.29) is 17.4 Å². The third-order valence-electron chi connectivity index (χ3n) is 5.86. The summed E-state index contributed by atoms with van der Waals surface area (Å²) in [5.74, 6) is 1.56. The number of imidazole rings is 1. The maximum Gasteiger partial charge on any atom is 0.266 e. The second-order valence-corrected chi connectivity index (χ2v) is 8.96. The smallest absolute Gasteiger partial charge is 0.266 e. The minimum absolute atomic E-state index is 0.0175. The summed E-state index contributed by atoms with van der Waals surface area (Å²) in [6.45, 7) is 2.17. The van der Waals surface area contributed by atoms with Crippen molar-refractivity contribution in [3.63, 3.8) is 0 Å². The highest BCUT2D eigenvalue weighted by Gasteiger charge is 2.25. The fraction of sp³-hybridized carbons (Fsp3) is 0.304. The Hall–Kier alpha value is -3.86. The number of anilines is 1. The lowest BCUT2D eigenvalue weighted by molar-refractivity contribution is -0.125. The number of carbonyl (C=O) groups excluding carboxylic acids is 1. The zero-order chi connectivity index (χ0) is 23.3. The Labute approximate surface area is 199 Å². The van der Waals surface area contributed by atoms with Gasteiger partial charge in [-0.25, -0.2) is 19.6 Å². The predicted molar refractivity (Wildman–Crippen MR) is 129 cm³/mol. The fourth-order valence-corrected chi connectivity index (χ4v) is 4.70. The molecule has 5 heterocycles. The highest BCUT2D eigenvalue weighted by Crippen LogP contribution is 2.23. The molecule has 0 bridgehead atoms. The van der Waals surface area contributed by atoms with Gasteiger partial charge in [-0.1, -0.05) is 6.07 Å². The van der Waals surface area contributed by atoms with E-state index in [0.29, 0.717) is 13.1 Å². The Morgan fingerprint density at radius 3 is 2.76 bits per heavy atom. The van der Waals surface area contributed by atoms with Gasteiger partial charge in [-0.3, -0.25) is 14.2 Å². The second-order valence-electron chi connectivity index (χ2n) is 8.01. The SMILES string of the molecule is O=C(NCCn1nc(-c2cccs2)ccc1=O)C1CCN(c2cc(-n3ccnc3)ncn2)CC1. The molecular formula is C23H24N8O2S. The number of thiophene rings is 1. The molecule has 0 aliphatic carbocycles. The Morgan fingerprint density at radius 1 is 1.15 bits per heavy atom. The minimum atomic E-state index is -0.178. The lowest BCUT2D eigenvalue weighted by Crippen LogP contribution is -2.42. The van der Waals surface area contributed by atoms with Gasteiger partial charge in [-0.15, -0.1) is 11.3 Å². The molecule has 1 saturated heterocycles. The Morgan fingerprint density at radius 2 is 2.00 bits per heavy atom. The molecule has 4 aromatic heterocycles. The van der Waals surface area contributed by atoms with E-state index >= 15 is 0 Å². The molecule has 0 atom stereocenters. The fourth-order valence-electron chi connectivity index (χ4n) is 4.01. The third kappa shape index (κ3) is 4.88. The third-order valence-corrected chi connectivity index (χ3v) is 6.75. The molecule has 1 fully saturated rings. The van der Waals surface area contributed by atoms with Crippen LogP contribution in [-0.2, 0) is 11.3 Å². The van der Waals surface area contributed by atoms with E-state index in [9.17, 15) is 9.59 Å². The standard InChI is InChI=1S/C23H24N8O2S/c32-22-4-3-18(19-2-1-13-34-19)28-31(22)12-8-25-23(33)17-5-9-29(10-6-17)20-14-21(27-15-26-20)30-11-7-24-16-30/h1-4,7,11,13-17H,5-6,8-10,12H2,(H,25,33). The van der Waals surface area contributed by atoms with Gasteiger partial charge in [0.25, 0.3) is 5.56 Å². The van der Waals surface area contributed by atoms with E-state index in [1.54, 1.807) is 36.3 Å². The lowest BCUT2D eigenvalue weighted by atomic mass is 9.96. The zero-order valence-electron chi connectivity index (χ0n) is 18.4. The van der Waals surface area contributed by atoms with E-state index in [2.05, 4.69) is 30.3 Å².